The Morgan fingerprint density at radius 3 is 2.45 bits per heavy atom. The highest BCUT2D eigenvalue weighted by Crippen LogP contribution is 2.45. The molecule has 1 atom stereocenters. The number of hydrogen-bond donors (Lipinski definition) is 1. The molecule has 0 fully saturated rings. The molecule has 0 spiro atoms. The highest BCUT2D eigenvalue weighted by molar-refractivity contribution is 7.89. The van der Waals surface area contributed by atoms with E-state index in [1.54, 1.807) is 66.7 Å². The van der Waals surface area contributed by atoms with E-state index in [0.29, 0.717) is 69.3 Å². The Morgan fingerprint density at radius 2 is 1.76 bits per heavy atom. The molecule has 5 rings (SSSR count). The molecule has 11 heteroatoms. The van der Waals surface area contributed by atoms with Crippen molar-refractivity contribution in [2.75, 3.05) is 18.1 Å². The van der Waals surface area contributed by atoms with Crippen molar-refractivity contribution in [1.82, 2.24) is 14.7 Å². The van der Waals surface area contributed by atoms with E-state index in [-0.39, 0.29) is 12.5 Å². The first kappa shape index (κ1) is 29.0. The molecule has 0 aliphatic carbocycles. The SMILES string of the molecule is CCOc1c2c(c(OCC)c3ncccc13)CN(c1ccc(CS(=O)(=O)NC(=O)C(C)c3ccccn3)cc1C)C2=O. The Bertz CT molecular complexity index is 1780. The van der Waals surface area contributed by atoms with E-state index in [9.17, 15) is 18.0 Å². The van der Waals surface area contributed by atoms with Gasteiger partial charge in [0.2, 0.25) is 15.9 Å². The van der Waals surface area contributed by atoms with Crippen LogP contribution in [-0.4, -0.2) is 43.4 Å². The van der Waals surface area contributed by atoms with E-state index >= 15 is 0 Å². The van der Waals surface area contributed by atoms with Crippen LogP contribution in [0.25, 0.3) is 10.9 Å². The Labute approximate surface area is 244 Å². The molecule has 2 aromatic heterocycles. The van der Waals surface area contributed by atoms with Crippen LogP contribution in [0.5, 0.6) is 11.5 Å². The lowest BCUT2D eigenvalue weighted by atomic mass is 10.0. The van der Waals surface area contributed by atoms with Crippen molar-refractivity contribution in [2.24, 2.45) is 0 Å². The zero-order valence-corrected chi connectivity index (χ0v) is 24.7. The zero-order chi connectivity index (χ0) is 30.0. The molecular weight excluding hydrogens is 556 g/mol. The van der Waals surface area contributed by atoms with E-state index in [1.165, 1.54) is 0 Å². The molecule has 2 aromatic carbocycles. The van der Waals surface area contributed by atoms with Gasteiger partial charge in [0, 0.05) is 29.0 Å². The quantitative estimate of drug-likeness (QED) is 0.284. The van der Waals surface area contributed by atoms with Crippen molar-refractivity contribution in [2.45, 2.75) is 45.9 Å². The van der Waals surface area contributed by atoms with Crippen LogP contribution in [0.2, 0.25) is 0 Å². The number of aryl methyl sites for hydroxylation is 1. The third-order valence-electron chi connectivity index (χ3n) is 7.11. The predicted molar refractivity (Wildman–Crippen MR) is 159 cm³/mol. The van der Waals surface area contributed by atoms with Gasteiger partial charge < -0.3 is 14.4 Å². The molecular formula is C31H32N4O6S. The molecule has 0 saturated carbocycles. The number of benzene rings is 2. The van der Waals surface area contributed by atoms with Crippen molar-refractivity contribution < 1.29 is 27.5 Å². The molecule has 42 heavy (non-hydrogen) atoms. The highest BCUT2D eigenvalue weighted by atomic mass is 32.2. The normalized spacial score (nSPS) is 13.6. The Morgan fingerprint density at radius 1 is 1.02 bits per heavy atom. The third kappa shape index (κ3) is 5.52. The molecule has 1 aliphatic rings. The van der Waals surface area contributed by atoms with E-state index in [4.69, 9.17) is 9.47 Å². The van der Waals surface area contributed by atoms with Gasteiger partial charge in [-0.2, -0.15) is 0 Å². The number of pyridine rings is 2. The number of nitrogens with one attached hydrogen (secondary N) is 1. The monoisotopic (exact) mass is 588 g/mol. The molecule has 1 N–H and O–H groups in total. The number of ether oxygens (including phenoxy) is 2. The molecule has 2 amide bonds. The van der Waals surface area contributed by atoms with Crippen molar-refractivity contribution in [1.29, 1.82) is 0 Å². The number of rotatable bonds is 10. The van der Waals surface area contributed by atoms with Crippen LogP contribution in [0.3, 0.4) is 0 Å². The number of fused-ring (bicyclic) bond motifs is 2. The average Bonchev–Trinajstić information content (AvgIpc) is 3.30. The lowest BCUT2D eigenvalue weighted by Gasteiger charge is -2.19. The van der Waals surface area contributed by atoms with Crippen LogP contribution in [0.4, 0.5) is 5.69 Å². The standard InChI is InChI=1S/C31H32N4O6S/c1-5-40-28-22-10-9-15-33-27(22)29(41-6-2)23-17-35(31(37)26(23)28)25-13-12-21(16-19(25)3)18-42(38,39)34-30(36)20(4)24-11-7-8-14-32-24/h7-16,20H,5-6,17-18H2,1-4H3,(H,34,36). The summed E-state index contributed by atoms with van der Waals surface area (Å²) in [6.45, 7) is 8.18. The van der Waals surface area contributed by atoms with Crippen LogP contribution in [0.15, 0.2) is 60.9 Å². The fourth-order valence-corrected chi connectivity index (χ4v) is 6.38. The number of carbonyl (C=O) groups is 2. The molecule has 0 bridgehead atoms. The van der Waals surface area contributed by atoms with Crippen LogP contribution in [0.1, 0.15) is 59.4 Å². The minimum Gasteiger partial charge on any atom is -0.492 e. The molecule has 1 aliphatic heterocycles. The summed E-state index contributed by atoms with van der Waals surface area (Å²) in [5.41, 5.74) is 4.07. The maximum atomic E-state index is 13.9. The first-order valence-corrected chi connectivity index (χ1v) is 15.4. The van der Waals surface area contributed by atoms with Gasteiger partial charge in [-0.05, 0) is 69.2 Å². The van der Waals surface area contributed by atoms with Crippen molar-refractivity contribution >= 4 is 38.4 Å². The summed E-state index contributed by atoms with van der Waals surface area (Å²) < 4.78 is 39.9. The zero-order valence-electron chi connectivity index (χ0n) is 23.9. The lowest BCUT2D eigenvalue weighted by Crippen LogP contribution is -2.34. The summed E-state index contributed by atoms with van der Waals surface area (Å²) >= 11 is 0. The minimum absolute atomic E-state index is 0.237. The van der Waals surface area contributed by atoms with Crippen molar-refractivity contribution in [3.05, 3.63) is 88.9 Å². The van der Waals surface area contributed by atoms with Gasteiger partial charge in [0.1, 0.15) is 11.3 Å². The number of anilines is 1. The maximum Gasteiger partial charge on any atom is 0.262 e. The van der Waals surface area contributed by atoms with E-state index in [0.717, 1.165) is 0 Å². The van der Waals surface area contributed by atoms with Crippen molar-refractivity contribution in [3.63, 3.8) is 0 Å². The summed E-state index contributed by atoms with van der Waals surface area (Å²) in [6.07, 6.45) is 3.23. The number of hydrogen-bond acceptors (Lipinski definition) is 8. The van der Waals surface area contributed by atoms with Gasteiger partial charge >= 0.3 is 0 Å². The largest absolute Gasteiger partial charge is 0.492 e. The first-order valence-electron chi connectivity index (χ1n) is 13.7. The summed E-state index contributed by atoms with van der Waals surface area (Å²) in [5.74, 6) is -0.994. The highest BCUT2D eigenvalue weighted by Gasteiger charge is 2.37. The van der Waals surface area contributed by atoms with Crippen LogP contribution < -0.4 is 19.1 Å². The van der Waals surface area contributed by atoms with Gasteiger partial charge in [-0.25, -0.2) is 8.42 Å². The minimum atomic E-state index is -3.98. The summed E-state index contributed by atoms with van der Waals surface area (Å²) in [4.78, 5) is 36.8. The second-order valence-electron chi connectivity index (χ2n) is 9.99. The number of aromatic nitrogens is 2. The van der Waals surface area contributed by atoms with E-state index < -0.39 is 27.6 Å². The molecule has 1 unspecified atom stereocenters. The third-order valence-corrected chi connectivity index (χ3v) is 8.34. The van der Waals surface area contributed by atoms with Crippen LogP contribution >= 0.6 is 0 Å². The molecule has 218 valence electrons. The smallest absolute Gasteiger partial charge is 0.262 e. The molecule has 4 aromatic rings. The molecule has 3 heterocycles. The first-order chi connectivity index (χ1) is 20.1. The van der Waals surface area contributed by atoms with E-state index in [2.05, 4.69) is 14.7 Å². The fourth-order valence-electron chi connectivity index (χ4n) is 5.20. The van der Waals surface area contributed by atoms with Gasteiger partial charge in [-0.1, -0.05) is 18.2 Å². The van der Waals surface area contributed by atoms with Gasteiger partial charge in [0.15, 0.2) is 5.75 Å². The number of amides is 2. The molecule has 0 radical (unpaired) electrons. The van der Waals surface area contributed by atoms with Crippen LogP contribution in [0, 0.1) is 6.92 Å². The Kier molecular flexibility index (Phi) is 8.13. The second kappa shape index (κ2) is 11.8. The van der Waals surface area contributed by atoms with Gasteiger partial charge in [-0.15, -0.1) is 0 Å². The van der Waals surface area contributed by atoms with Gasteiger partial charge in [0.25, 0.3) is 5.91 Å². The molecule has 10 nitrogen and oxygen atoms in total. The topological polar surface area (TPSA) is 128 Å². The fraction of sp³-hybridized carbons (Fsp3) is 0.290. The van der Waals surface area contributed by atoms with E-state index in [1.807, 2.05) is 26.8 Å². The number of sulfonamides is 1. The van der Waals surface area contributed by atoms with Gasteiger partial charge in [-0.3, -0.25) is 24.3 Å². The predicted octanol–water partition coefficient (Wildman–Crippen LogP) is 4.65. The van der Waals surface area contributed by atoms with Gasteiger partial charge in [0.05, 0.1) is 42.7 Å². The lowest BCUT2D eigenvalue weighted by molar-refractivity contribution is -0.120. The number of nitrogens with zero attached hydrogens (tertiary/aromatic N) is 3. The second-order valence-corrected chi connectivity index (χ2v) is 11.7. The average molecular weight is 589 g/mol. The summed E-state index contributed by atoms with van der Waals surface area (Å²) in [7, 11) is -3.98. The van der Waals surface area contributed by atoms with Crippen LogP contribution in [-0.2, 0) is 27.1 Å². The Hall–Kier alpha value is -4.51. The summed E-state index contributed by atoms with van der Waals surface area (Å²) in [5, 5.41) is 0.702. The Balaban J connectivity index is 1.41. The van der Waals surface area contributed by atoms with Crippen molar-refractivity contribution in [3.8, 4) is 11.5 Å². The number of carbonyl (C=O) groups excluding carboxylic acids is 2. The maximum absolute atomic E-state index is 13.9. The molecule has 0 saturated heterocycles. The summed E-state index contributed by atoms with van der Waals surface area (Å²) in [6, 6.07) is 13.9.